The van der Waals surface area contributed by atoms with Crippen LogP contribution in [0.15, 0.2) is 72.9 Å². The zero-order chi connectivity index (χ0) is 34.8. The average molecular weight is 682 g/mol. The second kappa shape index (κ2) is 13.8. The van der Waals surface area contributed by atoms with Crippen molar-refractivity contribution >= 4 is 17.4 Å². The number of nitrogens with zero attached hydrogens (tertiary/aromatic N) is 1. The molecule has 2 aliphatic rings. The predicted octanol–water partition coefficient (Wildman–Crippen LogP) is 8.63. The first-order valence-electron chi connectivity index (χ1n) is 15.8. The molecule has 4 aromatic rings. The van der Waals surface area contributed by atoms with E-state index in [1.54, 1.807) is 26.2 Å². The highest BCUT2D eigenvalue weighted by molar-refractivity contribution is 6.00. The third-order valence-electron chi connectivity index (χ3n) is 8.23. The van der Waals surface area contributed by atoms with Gasteiger partial charge in [-0.05, 0) is 85.8 Å². The summed E-state index contributed by atoms with van der Waals surface area (Å²) in [6.45, 7) is 3.95. The normalized spacial score (nSPS) is 18.6. The number of pyridine rings is 1. The van der Waals surface area contributed by atoms with Crippen LogP contribution in [0.2, 0.25) is 0 Å². The minimum atomic E-state index is -4.76. The maximum atomic E-state index is 15.2. The van der Waals surface area contributed by atoms with Crippen LogP contribution < -0.4 is 29.6 Å². The SMILES string of the molecule is CCC1OCC1(C)Oc1ccc(NC(=O)Nc2ccc(-c3cnc(OCc4ccc(OC)cc4)c(OC4CC4)c3)cc2F)cc1C(F)(F)F. The van der Waals surface area contributed by atoms with Crippen molar-refractivity contribution < 1.29 is 46.0 Å². The summed E-state index contributed by atoms with van der Waals surface area (Å²) in [5, 5.41) is 4.69. The van der Waals surface area contributed by atoms with Gasteiger partial charge >= 0.3 is 12.2 Å². The number of hydrogen-bond donors (Lipinski definition) is 2. The van der Waals surface area contributed by atoms with Crippen LogP contribution >= 0.6 is 0 Å². The molecule has 9 nitrogen and oxygen atoms in total. The van der Waals surface area contributed by atoms with Crippen LogP contribution in [0.3, 0.4) is 0 Å². The summed E-state index contributed by atoms with van der Waals surface area (Å²) < 4.78 is 85.4. The van der Waals surface area contributed by atoms with Gasteiger partial charge in [0.15, 0.2) is 11.4 Å². The second-order valence-electron chi connectivity index (χ2n) is 12.1. The van der Waals surface area contributed by atoms with Gasteiger partial charge in [0.1, 0.15) is 23.9 Å². The smallest absolute Gasteiger partial charge is 0.420 e. The van der Waals surface area contributed by atoms with Crippen LogP contribution in [0.5, 0.6) is 23.1 Å². The highest BCUT2D eigenvalue weighted by atomic mass is 19.4. The van der Waals surface area contributed by atoms with Crippen LogP contribution in [-0.2, 0) is 17.5 Å². The van der Waals surface area contributed by atoms with Crippen LogP contribution in [0.1, 0.15) is 44.2 Å². The predicted molar refractivity (Wildman–Crippen MR) is 174 cm³/mol. The van der Waals surface area contributed by atoms with E-state index in [4.69, 9.17) is 23.7 Å². The first kappa shape index (κ1) is 33.8. The second-order valence-corrected chi connectivity index (χ2v) is 12.1. The molecule has 2 N–H and O–H groups in total. The number of anilines is 2. The van der Waals surface area contributed by atoms with Crippen molar-refractivity contribution in [2.75, 3.05) is 24.4 Å². The summed E-state index contributed by atoms with van der Waals surface area (Å²) in [5.74, 6) is 0.310. The molecule has 1 saturated heterocycles. The molecule has 13 heteroatoms. The molecule has 2 atom stereocenters. The largest absolute Gasteiger partial charge is 0.497 e. The van der Waals surface area contributed by atoms with Crippen LogP contribution in [0, 0.1) is 5.82 Å². The Bertz CT molecular complexity index is 1810. The number of methoxy groups -OCH3 is 1. The Morgan fingerprint density at radius 3 is 2.41 bits per heavy atom. The van der Waals surface area contributed by atoms with Gasteiger partial charge in [-0.2, -0.15) is 13.2 Å². The van der Waals surface area contributed by atoms with Crippen molar-refractivity contribution in [1.82, 2.24) is 4.98 Å². The molecule has 2 unspecified atom stereocenters. The highest BCUT2D eigenvalue weighted by Crippen LogP contribution is 2.42. The van der Waals surface area contributed by atoms with E-state index in [1.165, 1.54) is 24.4 Å². The lowest BCUT2D eigenvalue weighted by Crippen LogP contribution is -2.59. The Morgan fingerprint density at radius 1 is 1.00 bits per heavy atom. The van der Waals surface area contributed by atoms with Gasteiger partial charge in [-0.25, -0.2) is 14.2 Å². The minimum absolute atomic E-state index is 0.0483. The number of benzene rings is 3. The average Bonchev–Trinajstić information content (AvgIpc) is 3.89. The van der Waals surface area contributed by atoms with E-state index in [0.29, 0.717) is 29.2 Å². The Hall–Kier alpha value is -5.04. The van der Waals surface area contributed by atoms with Gasteiger partial charge in [0, 0.05) is 17.4 Å². The topological polar surface area (TPSA) is 100 Å². The number of aromatic nitrogens is 1. The van der Waals surface area contributed by atoms with E-state index in [1.807, 2.05) is 31.2 Å². The summed E-state index contributed by atoms with van der Waals surface area (Å²) in [6.07, 6.45) is -1.12. The Labute approximate surface area is 280 Å². The van der Waals surface area contributed by atoms with Crippen molar-refractivity contribution in [3.63, 3.8) is 0 Å². The van der Waals surface area contributed by atoms with Crippen molar-refractivity contribution in [3.05, 3.63) is 89.9 Å². The zero-order valence-corrected chi connectivity index (χ0v) is 27.0. The van der Waals surface area contributed by atoms with E-state index in [9.17, 15) is 18.0 Å². The lowest BCUT2D eigenvalue weighted by Gasteiger charge is -2.46. The number of carbonyl (C=O) groups excluding carboxylic acids is 1. The zero-order valence-electron chi connectivity index (χ0n) is 27.0. The Morgan fingerprint density at radius 2 is 1.78 bits per heavy atom. The van der Waals surface area contributed by atoms with Crippen molar-refractivity contribution in [1.29, 1.82) is 0 Å². The number of nitrogens with one attached hydrogen (secondary N) is 2. The molecule has 1 aliphatic carbocycles. The standard InChI is InChI=1S/C36H35F4N3O6/c1-4-32-35(2,20-47-32)49-30-14-8-24(17-27(30)36(38,39)40)42-34(44)43-29-13-7-22(15-28(29)37)23-16-31(48-26-11-12-26)33(41-18-23)46-19-21-5-9-25(45-3)10-6-21/h5-10,13-18,26,32H,4,11-12,19-20H2,1-3H3,(H2,42,43,44). The third kappa shape index (κ3) is 7.99. The lowest BCUT2D eigenvalue weighted by atomic mass is 9.92. The quantitative estimate of drug-likeness (QED) is 0.145. The first-order chi connectivity index (χ1) is 23.4. The number of amides is 2. The third-order valence-corrected chi connectivity index (χ3v) is 8.23. The molecule has 0 radical (unpaired) electrons. The number of halogens is 4. The van der Waals surface area contributed by atoms with Crippen LogP contribution in [-0.4, -0.2) is 42.5 Å². The molecule has 2 heterocycles. The van der Waals surface area contributed by atoms with E-state index in [0.717, 1.165) is 36.3 Å². The fraction of sp³-hybridized carbons (Fsp3) is 0.333. The van der Waals surface area contributed by atoms with E-state index < -0.39 is 29.2 Å². The van der Waals surface area contributed by atoms with Gasteiger partial charge in [0.05, 0.1) is 37.2 Å². The monoisotopic (exact) mass is 681 g/mol. The molecule has 49 heavy (non-hydrogen) atoms. The maximum Gasteiger partial charge on any atom is 0.420 e. The van der Waals surface area contributed by atoms with Gasteiger partial charge in [-0.15, -0.1) is 0 Å². The number of ether oxygens (including phenoxy) is 5. The molecule has 0 spiro atoms. The van der Waals surface area contributed by atoms with E-state index in [-0.39, 0.29) is 42.5 Å². The summed E-state index contributed by atoms with van der Waals surface area (Å²) in [6, 6.07) is 15.6. The summed E-state index contributed by atoms with van der Waals surface area (Å²) >= 11 is 0. The highest BCUT2D eigenvalue weighted by Gasteiger charge is 2.47. The molecule has 6 rings (SSSR count). The Balaban J connectivity index is 1.13. The maximum absolute atomic E-state index is 15.2. The summed E-state index contributed by atoms with van der Waals surface area (Å²) in [7, 11) is 1.59. The molecule has 3 aromatic carbocycles. The van der Waals surface area contributed by atoms with Crippen molar-refractivity contribution in [2.24, 2.45) is 0 Å². The Kier molecular flexibility index (Phi) is 9.55. The molecule has 1 aromatic heterocycles. The molecule has 2 fully saturated rings. The van der Waals surface area contributed by atoms with Gasteiger partial charge in [-0.3, -0.25) is 0 Å². The number of carbonyl (C=O) groups is 1. The van der Waals surface area contributed by atoms with Gasteiger partial charge in [0.25, 0.3) is 5.88 Å². The van der Waals surface area contributed by atoms with Gasteiger partial charge in [0.2, 0.25) is 0 Å². The molecule has 1 saturated carbocycles. The van der Waals surface area contributed by atoms with E-state index >= 15 is 4.39 Å². The lowest BCUT2D eigenvalue weighted by molar-refractivity contribution is -0.215. The number of hydrogen-bond acceptors (Lipinski definition) is 7. The fourth-order valence-corrected chi connectivity index (χ4v) is 5.35. The molecular formula is C36H35F4N3O6. The van der Waals surface area contributed by atoms with Crippen LogP contribution in [0.4, 0.5) is 33.7 Å². The van der Waals surface area contributed by atoms with E-state index in [2.05, 4.69) is 15.6 Å². The van der Waals surface area contributed by atoms with Crippen LogP contribution in [0.25, 0.3) is 11.1 Å². The number of rotatable bonds is 12. The first-order valence-corrected chi connectivity index (χ1v) is 15.8. The molecule has 2 amide bonds. The number of alkyl halides is 3. The van der Waals surface area contributed by atoms with Gasteiger partial charge < -0.3 is 34.3 Å². The molecule has 258 valence electrons. The van der Waals surface area contributed by atoms with Crippen molar-refractivity contribution in [3.8, 4) is 34.3 Å². The summed E-state index contributed by atoms with van der Waals surface area (Å²) in [5.41, 5.74) is -0.372. The molecule has 0 bridgehead atoms. The fourth-order valence-electron chi connectivity index (χ4n) is 5.35. The van der Waals surface area contributed by atoms with Gasteiger partial charge in [-0.1, -0.05) is 25.1 Å². The number of urea groups is 1. The molecule has 1 aliphatic heterocycles. The summed E-state index contributed by atoms with van der Waals surface area (Å²) in [4.78, 5) is 17.2. The van der Waals surface area contributed by atoms with Crippen molar-refractivity contribution in [2.45, 2.75) is 63.7 Å². The minimum Gasteiger partial charge on any atom is -0.497 e. The molecular weight excluding hydrogens is 646 g/mol.